The quantitative estimate of drug-likeness (QED) is 0.809. The van der Waals surface area contributed by atoms with Crippen molar-refractivity contribution in [3.05, 3.63) is 35.4 Å². The summed E-state index contributed by atoms with van der Waals surface area (Å²) in [4.78, 5) is 0. The van der Waals surface area contributed by atoms with Crippen LogP contribution in [0, 0.1) is 11.3 Å². The minimum atomic E-state index is 0.370. The summed E-state index contributed by atoms with van der Waals surface area (Å²) in [5.74, 6) is 0.892. The number of hydrogen-bond acceptors (Lipinski definition) is 1. The summed E-state index contributed by atoms with van der Waals surface area (Å²) in [7, 11) is 0. The molecule has 1 saturated carbocycles. The molecule has 0 saturated heterocycles. The first-order valence-corrected chi connectivity index (χ1v) is 8.40. The highest BCUT2D eigenvalue weighted by atomic mass is 15.0. The summed E-state index contributed by atoms with van der Waals surface area (Å²) in [6, 6.07) is 10.3. The summed E-state index contributed by atoms with van der Waals surface area (Å²) >= 11 is 0. The van der Waals surface area contributed by atoms with Crippen LogP contribution in [0.15, 0.2) is 24.3 Å². The van der Waals surface area contributed by atoms with E-state index in [0.29, 0.717) is 17.5 Å². The molecule has 0 amide bonds. The van der Waals surface area contributed by atoms with Gasteiger partial charge < -0.3 is 5.32 Å². The van der Waals surface area contributed by atoms with E-state index in [1.807, 2.05) is 0 Å². The van der Waals surface area contributed by atoms with Crippen molar-refractivity contribution in [2.75, 3.05) is 0 Å². The van der Waals surface area contributed by atoms with Gasteiger partial charge in [0, 0.05) is 12.1 Å². The lowest BCUT2D eigenvalue weighted by atomic mass is 9.69. The lowest BCUT2D eigenvalue weighted by Gasteiger charge is -2.43. The molecule has 3 unspecified atom stereocenters. The smallest absolute Gasteiger partial charge is 0.0376 e. The van der Waals surface area contributed by atoms with Crippen LogP contribution in [0.5, 0.6) is 0 Å². The van der Waals surface area contributed by atoms with E-state index in [4.69, 9.17) is 0 Å². The maximum absolute atomic E-state index is 4.03. The zero-order valence-electron chi connectivity index (χ0n) is 13.3. The summed E-state index contributed by atoms with van der Waals surface area (Å²) in [5, 5.41) is 4.03. The summed E-state index contributed by atoms with van der Waals surface area (Å²) < 4.78 is 0. The third-order valence-electron chi connectivity index (χ3n) is 5.53. The highest BCUT2D eigenvalue weighted by Crippen LogP contribution is 2.44. The standard InChI is InChI=1S/C19H29N/c1-14-7-6-9-16(13-14)20-18-17-10-5-4-8-15(17)11-12-19(18,2)3/h4-5,8,10,14,16,18,20H,6-7,9,11-13H2,1-3H3. The van der Waals surface area contributed by atoms with E-state index in [2.05, 4.69) is 50.4 Å². The Morgan fingerprint density at radius 2 is 1.95 bits per heavy atom. The van der Waals surface area contributed by atoms with Crippen molar-refractivity contribution < 1.29 is 0 Å². The molecule has 0 bridgehead atoms. The van der Waals surface area contributed by atoms with Gasteiger partial charge in [-0.05, 0) is 48.1 Å². The molecule has 1 N–H and O–H groups in total. The van der Waals surface area contributed by atoms with Gasteiger partial charge >= 0.3 is 0 Å². The van der Waals surface area contributed by atoms with Gasteiger partial charge in [-0.3, -0.25) is 0 Å². The molecule has 110 valence electrons. The second-order valence-electron chi connectivity index (χ2n) is 7.76. The minimum Gasteiger partial charge on any atom is -0.307 e. The second-order valence-corrected chi connectivity index (χ2v) is 7.76. The molecule has 0 heterocycles. The van der Waals surface area contributed by atoms with E-state index in [0.717, 1.165) is 5.92 Å². The molecule has 1 aromatic rings. The number of aryl methyl sites for hydroxylation is 1. The zero-order valence-corrected chi connectivity index (χ0v) is 13.3. The Hall–Kier alpha value is -0.820. The fraction of sp³-hybridized carbons (Fsp3) is 0.684. The van der Waals surface area contributed by atoms with Crippen molar-refractivity contribution in [2.24, 2.45) is 11.3 Å². The summed E-state index contributed by atoms with van der Waals surface area (Å²) in [6.45, 7) is 7.29. The number of benzene rings is 1. The van der Waals surface area contributed by atoms with Crippen LogP contribution in [0.2, 0.25) is 0 Å². The van der Waals surface area contributed by atoms with Crippen molar-refractivity contribution in [3.8, 4) is 0 Å². The molecule has 2 aliphatic rings. The second kappa shape index (κ2) is 5.52. The Kier molecular flexibility index (Phi) is 3.90. The predicted octanol–water partition coefficient (Wildman–Crippen LogP) is 4.87. The normalized spacial score (nSPS) is 32.6. The maximum Gasteiger partial charge on any atom is 0.0376 e. The molecule has 1 aromatic carbocycles. The van der Waals surface area contributed by atoms with Gasteiger partial charge in [0.15, 0.2) is 0 Å². The molecular weight excluding hydrogens is 242 g/mol. The van der Waals surface area contributed by atoms with Gasteiger partial charge in [0.05, 0.1) is 0 Å². The van der Waals surface area contributed by atoms with Gasteiger partial charge in [0.2, 0.25) is 0 Å². The molecule has 0 aliphatic heterocycles. The largest absolute Gasteiger partial charge is 0.307 e. The Bertz CT molecular complexity index is 463. The molecule has 1 fully saturated rings. The van der Waals surface area contributed by atoms with E-state index in [-0.39, 0.29) is 0 Å². The Morgan fingerprint density at radius 3 is 2.75 bits per heavy atom. The van der Waals surface area contributed by atoms with Gasteiger partial charge in [-0.2, -0.15) is 0 Å². The van der Waals surface area contributed by atoms with E-state index in [1.165, 1.54) is 38.5 Å². The monoisotopic (exact) mass is 271 g/mol. The van der Waals surface area contributed by atoms with E-state index >= 15 is 0 Å². The van der Waals surface area contributed by atoms with Gasteiger partial charge in [-0.25, -0.2) is 0 Å². The maximum atomic E-state index is 4.03. The summed E-state index contributed by atoms with van der Waals surface area (Å²) in [6.07, 6.45) is 8.07. The topological polar surface area (TPSA) is 12.0 Å². The first kappa shape index (κ1) is 14.1. The molecular formula is C19H29N. The molecule has 2 aliphatic carbocycles. The van der Waals surface area contributed by atoms with Crippen LogP contribution >= 0.6 is 0 Å². The van der Waals surface area contributed by atoms with E-state index in [1.54, 1.807) is 11.1 Å². The van der Waals surface area contributed by atoms with Crippen LogP contribution in [0.25, 0.3) is 0 Å². The van der Waals surface area contributed by atoms with Crippen molar-refractivity contribution in [1.29, 1.82) is 0 Å². The van der Waals surface area contributed by atoms with Crippen molar-refractivity contribution in [3.63, 3.8) is 0 Å². The van der Waals surface area contributed by atoms with Gasteiger partial charge in [-0.15, -0.1) is 0 Å². The average Bonchev–Trinajstić information content (AvgIpc) is 2.42. The van der Waals surface area contributed by atoms with Crippen LogP contribution in [-0.4, -0.2) is 6.04 Å². The molecule has 3 rings (SSSR count). The third kappa shape index (κ3) is 2.79. The molecule has 1 nitrogen and oxygen atoms in total. The van der Waals surface area contributed by atoms with Crippen molar-refractivity contribution in [1.82, 2.24) is 5.32 Å². The number of rotatable bonds is 2. The van der Waals surface area contributed by atoms with Gasteiger partial charge in [0.1, 0.15) is 0 Å². The van der Waals surface area contributed by atoms with Gasteiger partial charge in [-0.1, -0.05) is 57.9 Å². The molecule has 3 atom stereocenters. The first-order valence-electron chi connectivity index (χ1n) is 8.40. The lowest BCUT2D eigenvalue weighted by Crippen LogP contribution is -2.44. The van der Waals surface area contributed by atoms with E-state index in [9.17, 15) is 0 Å². The average molecular weight is 271 g/mol. The van der Waals surface area contributed by atoms with E-state index < -0.39 is 0 Å². The van der Waals surface area contributed by atoms with Crippen LogP contribution < -0.4 is 5.32 Å². The fourth-order valence-corrected chi connectivity index (χ4v) is 4.20. The molecule has 20 heavy (non-hydrogen) atoms. The Morgan fingerprint density at radius 1 is 1.15 bits per heavy atom. The minimum absolute atomic E-state index is 0.370. The fourth-order valence-electron chi connectivity index (χ4n) is 4.20. The SMILES string of the molecule is CC1CCCC(NC2c3ccccc3CCC2(C)C)C1. The van der Waals surface area contributed by atoms with Crippen molar-refractivity contribution >= 4 is 0 Å². The zero-order chi connectivity index (χ0) is 14.2. The highest BCUT2D eigenvalue weighted by molar-refractivity contribution is 5.34. The lowest BCUT2D eigenvalue weighted by molar-refractivity contribution is 0.170. The van der Waals surface area contributed by atoms with Crippen LogP contribution in [0.3, 0.4) is 0 Å². The number of hydrogen-bond donors (Lipinski definition) is 1. The summed E-state index contributed by atoms with van der Waals surface area (Å²) in [5.41, 5.74) is 3.49. The molecule has 0 radical (unpaired) electrons. The number of fused-ring (bicyclic) bond motifs is 1. The van der Waals surface area contributed by atoms with Crippen molar-refractivity contribution in [2.45, 2.75) is 71.4 Å². The predicted molar refractivity (Wildman–Crippen MR) is 85.8 cm³/mol. The first-order chi connectivity index (χ1) is 9.56. The Labute approximate surface area is 124 Å². The van der Waals surface area contributed by atoms with Crippen LogP contribution in [0.4, 0.5) is 0 Å². The molecule has 0 aromatic heterocycles. The number of nitrogens with one attached hydrogen (secondary N) is 1. The highest BCUT2D eigenvalue weighted by Gasteiger charge is 2.37. The third-order valence-corrected chi connectivity index (χ3v) is 5.53. The Balaban J connectivity index is 1.82. The van der Waals surface area contributed by atoms with Crippen LogP contribution in [-0.2, 0) is 6.42 Å². The molecule has 1 heteroatoms. The van der Waals surface area contributed by atoms with Crippen LogP contribution in [0.1, 0.15) is 70.0 Å². The van der Waals surface area contributed by atoms with Gasteiger partial charge in [0.25, 0.3) is 0 Å². The molecule has 0 spiro atoms.